The lowest BCUT2D eigenvalue weighted by Crippen LogP contribution is -2.25. The van der Waals surface area contributed by atoms with Gasteiger partial charge in [-0.3, -0.25) is 5.10 Å². The quantitative estimate of drug-likeness (QED) is 0.849. The van der Waals surface area contributed by atoms with Gasteiger partial charge in [0.25, 0.3) is 0 Å². The fourth-order valence-electron chi connectivity index (χ4n) is 2.15. The summed E-state index contributed by atoms with van der Waals surface area (Å²) in [5.74, 6) is 0.871. The fraction of sp³-hybridized carbons (Fsp3) is 0.429. The number of aryl methyl sites for hydroxylation is 2. The Hall–Kier alpha value is -1.68. The van der Waals surface area contributed by atoms with Gasteiger partial charge in [0.05, 0.1) is 6.04 Å². The highest BCUT2D eigenvalue weighted by Crippen LogP contribution is 2.23. The number of hydrogen-bond donors (Lipinski definition) is 2. The van der Waals surface area contributed by atoms with Crippen LogP contribution in [0.25, 0.3) is 0 Å². The molecule has 0 radical (unpaired) electrons. The monoisotopic (exact) mass is 244 g/mol. The highest BCUT2D eigenvalue weighted by Gasteiger charge is 2.17. The molecule has 0 saturated heterocycles. The van der Waals surface area contributed by atoms with Gasteiger partial charge in [-0.05, 0) is 37.9 Å². The zero-order valence-electron chi connectivity index (χ0n) is 11.2. The number of benzene rings is 1. The largest absolute Gasteiger partial charge is 0.304 e. The third-order valence-corrected chi connectivity index (χ3v) is 3.04. The molecule has 4 heteroatoms. The normalized spacial score (nSPS) is 12.6. The Morgan fingerprint density at radius 2 is 2.17 bits per heavy atom. The number of rotatable bonds is 5. The SMILES string of the molecule is CCCNC(c1ncn[nH]1)c1ccc(C)cc1C. The predicted molar refractivity (Wildman–Crippen MR) is 72.4 cm³/mol. The van der Waals surface area contributed by atoms with Crippen molar-refractivity contribution >= 4 is 0 Å². The van der Waals surface area contributed by atoms with Crippen LogP contribution >= 0.6 is 0 Å². The Bertz CT molecular complexity index is 491. The molecule has 1 atom stereocenters. The van der Waals surface area contributed by atoms with E-state index in [1.807, 2.05) is 0 Å². The van der Waals surface area contributed by atoms with Crippen molar-refractivity contribution in [3.05, 3.63) is 47.0 Å². The number of aromatic amines is 1. The van der Waals surface area contributed by atoms with E-state index in [1.54, 1.807) is 6.33 Å². The first-order valence-corrected chi connectivity index (χ1v) is 6.38. The number of nitrogens with zero attached hydrogens (tertiary/aromatic N) is 2. The first-order chi connectivity index (χ1) is 8.72. The summed E-state index contributed by atoms with van der Waals surface area (Å²) in [6.45, 7) is 7.37. The second kappa shape index (κ2) is 5.78. The third kappa shape index (κ3) is 2.76. The van der Waals surface area contributed by atoms with E-state index in [0.717, 1.165) is 18.8 Å². The van der Waals surface area contributed by atoms with Gasteiger partial charge in [-0.25, -0.2) is 4.98 Å². The molecule has 0 aliphatic rings. The molecule has 0 spiro atoms. The summed E-state index contributed by atoms with van der Waals surface area (Å²) in [5, 5.41) is 10.4. The maximum Gasteiger partial charge on any atom is 0.145 e. The Kier molecular flexibility index (Phi) is 4.10. The number of aromatic nitrogens is 3. The van der Waals surface area contributed by atoms with E-state index in [0.29, 0.717) is 0 Å². The Morgan fingerprint density at radius 3 is 2.78 bits per heavy atom. The average molecular weight is 244 g/mol. The van der Waals surface area contributed by atoms with Crippen LogP contribution in [0, 0.1) is 13.8 Å². The van der Waals surface area contributed by atoms with Crippen molar-refractivity contribution in [2.45, 2.75) is 33.2 Å². The second-order valence-corrected chi connectivity index (χ2v) is 4.62. The fourth-order valence-corrected chi connectivity index (χ4v) is 2.15. The molecule has 0 aliphatic heterocycles. The molecule has 0 fully saturated rings. The lowest BCUT2D eigenvalue weighted by atomic mass is 9.98. The third-order valence-electron chi connectivity index (χ3n) is 3.04. The Balaban J connectivity index is 2.33. The van der Waals surface area contributed by atoms with Gasteiger partial charge < -0.3 is 5.32 Å². The molecular weight excluding hydrogens is 224 g/mol. The van der Waals surface area contributed by atoms with Crippen molar-refractivity contribution in [2.24, 2.45) is 0 Å². The standard InChI is InChI=1S/C14H20N4/c1-4-7-15-13(14-16-9-17-18-14)12-6-5-10(2)8-11(12)3/h5-6,8-9,13,15H,4,7H2,1-3H3,(H,16,17,18). The minimum absolute atomic E-state index is 0.0908. The summed E-state index contributed by atoms with van der Waals surface area (Å²) in [6.07, 6.45) is 2.65. The van der Waals surface area contributed by atoms with E-state index in [2.05, 4.69) is 59.5 Å². The molecule has 18 heavy (non-hydrogen) atoms. The van der Waals surface area contributed by atoms with E-state index >= 15 is 0 Å². The van der Waals surface area contributed by atoms with Crippen LogP contribution in [0.15, 0.2) is 24.5 Å². The molecule has 96 valence electrons. The highest BCUT2D eigenvalue weighted by atomic mass is 15.2. The minimum Gasteiger partial charge on any atom is -0.304 e. The van der Waals surface area contributed by atoms with Gasteiger partial charge in [0, 0.05) is 0 Å². The Labute approximate surface area is 108 Å². The summed E-state index contributed by atoms with van der Waals surface area (Å²) in [7, 11) is 0. The molecule has 1 aromatic heterocycles. The lowest BCUT2D eigenvalue weighted by Gasteiger charge is -2.19. The van der Waals surface area contributed by atoms with Gasteiger partial charge in [0.2, 0.25) is 0 Å². The van der Waals surface area contributed by atoms with Crippen LogP contribution in [0.3, 0.4) is 0 Å². The van der Waals surface area contributed by atoms with Crippen molar-refractivity contribution in [3.8, 4) is 0 Å². The average Bonchev–Trinajstić information content (AvgIpc) is 2.85. The van der Waals surface area contributed by atoms with E-state index in [-0.39, 0.29) is 6.04 Å². The topological polar surface area (TPSA) is 53.6 Å². The van der Waals surface area contributed by atoms with E-state index in [1.165, 1.54) is 16.7 Å². The smallest absolute Gasteiger partial charge is 0.145 e. The summed E-state index contributed by atoms with van der Waals surface area (Å²) in [4.78, 5) is 4.28. The van der Waals surface area contributed by atoms with Crippen LogP contribution < -0.4 is 5.32 Å². The first-order valence-electron chi connectivity index (χ1n) is 6.38. The molecular formula is C14H20N4. The van der Waals surface area contributed by atoms with Crippen molar-refractivity contribution in [3.63, 3.8) is 0 Å². The first kappa shape index (κ1) is 12.8. The van der Waals surface area contributed by atoms with Crippen molar-refractivity contribution in [1.29, 1.82) is 0 Å². The molecule has 1 aromatic carbocycles. The number of nitrogens with one attached hydrogen (secondary N) is 2. The molecule has 4 nitrogen and oxygen atoms in total. The number of hydrogen-bond acceptors (Lipinski definition) is 3. The molecule has 1 unspecified atom stereocenters. The van der Waals surface area contributed by atoms with Gasteiger partial charge in [-0.2, -0.15) is 5.10 Å². The minimum atomic E-state index is 0.0908. The van der Waals surface area contributed by atoms with Crippen LogP contribution in [0.5, 0.6) is 0 Å². The molecule has 2 rings (SSSR count). The molecule has 1 heterocycles. The highest BCUT2D eigenvalue weighted by molar-refractivity contribution is 5.35. The van der Waals surface area contributed by atoms with Crippen molar-refractivity contribution in [1.82, 2.24) is 20.5 Å². The number of H-pyrrole nitrogens is 1. The van der Waals surface area contributed by atoms with Gasteiger partial charge in [0.1, 0.15) is 12.2 Å². The molecule has 2 N–H and O–H groups in total. The second-order valence-electron chi connectivity index (χ2n) is 4.62. The summed E-state index contributed by atoms with van der Waals surface area (Å²) in [5.41, 5.74) is 3.81. The molecule has 0 saturated carbocycles. The lowest BCUT2D eigenvalue weighted by molar-refractivity contribution is 0.571. The maximum atomic E-state index is 4.28. The van der Waals surface area contributed by atoms with Gasteiger partial charge >= 0.3 is 0 Å². The van der Waals surface area contributed by atoms with E-state index in [4.69, 9.17) is 0 Å². The maximum absolute atomic E-state index is 4.28. The van der Waals surface area contributed by atoms with Gasteiger partial charge in [-0.15, -0.1) is 0 Å². The molecule has 2 aromatic rings. The van der Waals surface area contributed by atoms with Crippen LogP contribution in [0.1, 0.15) is 41.9 Å². The van der Waals surface area contributed by atoms with Crippen LogP contribution in [-0.4, -0.2) is 21.7 Å². The zero-order valence-corrected chi connectivity index (χ0v) is 11.2. The van der Waals surface area contributed by atoms with Crippen molar-refractivity contribution in [2.75, 3.05) is 6.54 Å². The summed E-state index contributed by atoms with van der Waals surface area (Å²) < 4.78 is 0. The molecule has 0 aliphatic carbocycles. The molecule has 0 amide bonds. The van der Waals surface area contributed by atoms with Crippen LogP contribution in [0.4, 0.5) is 0 Å². The summed E-state index contributed by atoms with van der Waals surface area (Å²) >= 11 is 0. The van der Waals surface area contributed by atoms with E-state index < -0.39 is 0 Å². The van der Waals surface area contributed by atoms with Crippen LogP contribution in [0.2, 0.25) is 0 Å². The van der Waals surface area contributed by atoms with Crippen LogP contribution in [-0.2, 0) is 0 Å². The Morgan fingerprint density at radius 1 is 1.33 bits per heavy atom. The molecule has 0 bridgehead atoms. The van der Waals surface area contributed by atoms with Gasteiger partial charge in [-0.1, -0.05) is 30.7 Å². The van der Waals surface area contributed by atoms with Crippen molar-refractivity contribution < 1.29 is 0 Å². The van der Waals surface area contributed by atoms with Gasteiger partial charge in [0.15, 0.2) is 0 Å². The predicted octanol–water partition coefficient (Wildman–Crippen LogP) is 2.51. The zero-order chi connectivity index (χ0) is 13.0. The van der Waals surface area contributed by atoms with E-state index in [9.17, 15) is 0 Å². The summed E-state index contributed by atoms with van der Waals surface area (Å²) in [6, 6.07) is 6.60.